The molecule has 1 saturated heterocycles. The van der Waals surface area contributed by atoms with Gasteiger partial charge in [0.15, 0.2) is 11.7 Å². The third-order valence-electron chi connectivity index (χ3n) is 3.98. The minimum absolute atomic E-state index is 0.0214. The zero-order valence-corrected chi connectivity index (χ0v) is 15.7. The number of hydrogen-bond donors (Lipinski definition) is 5. The summed E-state index contributed by atoms with van der Waals surface area (Å²) < 4.78 is 18.5. The summed E-state index contributed by atoms with van der Waals surface area (Å²) >= 11 is 3.07. The fourth-order valence-electron chi connectivity index (χ4n) is 2.62. The molecule has 2 heterocycles. The van der Waals surface area contributed by atoms with Gasteiger partial charge in [0, 0.05) is 6.04 Å². The van der Waals surface area contributed by atoms with Crippen LogP contribution in [0.1, 0.15) is 18.4 Å². The van der Waals surface area contributed by atoms with Gasteiger partial charge in [-0.15, -0.1) is 0 Å². The number of piperidine rings is 1. The first kappa shape index (κ1) is 19.3. The number of anilines is 1. The number of nitrogens with zero attached hydrogens (tertiary/aromatic N) is 2. The van der Waals surface area contributed by atoms with E-state index in [4.69, 9.17) is 4.52 Å². The predicted molar refractivity (Wildman–Crippen MR) is 99.8 cm³/mol. The molecule has 9 nitrogen and oxygen atoms in total. The lowest BCUT2D eigenvalue weighted by atomic mass is 10.1. The lowest BCUT2D eigenvalue weighted by Gasteiger charge is -2.23. The van der Waals surface area contributed by atoms with Crippen LogP contribution in [0.15, 0.2) is 38.5 Å². The molecule has 0 radical (unpaired) electrons. The highest BCUT2D eigenvalue weighted by Crippen LogP contribution is 2.23. The average molecular weight is 441 g/mol. The number of rotatable bonds is 4. The molecule has 2 amide bonds. The molecular formula is C16H18BrFN6O3. The van der Waals surface area contributed by atoms with Crippen LogP contribution in [0, 0.1) is 5.82 Å². The monoisotopic (exact) mass is 440 g/mol. The highest BCUT2D eigenvalue weighted by atomic mass is 79.9. The molecular weight excluding hydrogens is 423 g/mol. The summed E-state index contributed by atoms with van der Waals surface area (Å²) in [7, 11) is 0. The number of hydroxylamine groups is 1. The Morgan fingerprint density at radius 2 is 2.19 bits per heavy atom. The summed E-state index contributed by atoms with van der Waals surface area (Å²) in [4.78, 5) is 16.4. The standard InChI is InChI=1S/C16H18BrFN6O3/c17-12-7-10(1-2-13(12)18)20-14(23-26)11-8-27-24-15(11)22-16(25)21-9-3-5-19-6-4-9/h1-2,7-9,19,26H,3-6H2,(H,20,23)(H2,21,22,24,25). The molecule has 0 saturated carbocycles. The smallest absolute Gasteiger partial charge is 0.320 e. The van der Waals surface area contributed by atoms with Crippen molar-refractivity contribution in [2.24, 2.45) is 4.99 Å². The SMILES string of the molecule is O=C(Nc1nocc1C(=Nc1ccc(F)c(Br)c1)NO)NC1CCNCC1. The average Bonchev–Trinajstić information content (AvgIpc) is 3.11. The first-order valence-electron chi connectivity index (χ1n) is 8.23. The number of urea groups is 1. The van der Waals surface area contributed by atoms with Gasteiger partial charge in [-0.2, -0.15) is 0 Å². The van der Waals surface area contributed by atoms with Crippen molar-refractivity contribution < 1.29 is 18.9 Å². The normalized spacial score (nSPS) is 15.4. The maximum absolute atomic E-state index is 13.3. The number of aromatic nitrogens is 1. The van der Waals surface area contributed by atoms with Gasteiger partial charge in [0.1, 0.15) is 17.6 Å². The molecule has 1 aromatic heterocycles. The molecule has 2 aromatic rings. The van der Waals surface area contributed by atoms with Gasteiger partial charge >= 0.3 is 6.03 Å². The molecule has 0 unspecified atom stereocenters. The molecule has 0 bridgehead atoms. The Bertz CT molecular complexity index is 837. The zero-order valence-electron chi connectivity index (χ0n) is 14.1. The van der Waals surface area contributed by atoms with E-state index >= 15 is 0 Å². The third kappa shape index (κ3) is 5.02. The molecule has 1 aliphatic rings. The largest absolute Gasteiger partial charge is 0.362 e. The van der Waals surface area contributed by atoms with E-state index in [0.717, 1.165) is 25.9 Å². The molecule has 0 atom stereocenters. The molecule has 1 fully saturated rings. The van der Waals surface area contributed by atoms with Crippen molar-refractivity contribution in [3.8, 4) is 0 Å². The van der Waals surface area contributed by atoms with Gasteiger partial charge in [0.05, 0.1) is 10.2 Å². The van der Waals surface area contributed by atoms with Crippen molar-refractivity contribution in [3.63, 3.8) is 0 Å². The maximum atomic E-state index is 13.3. The first-order chi connectivity index (χ1) is 13.1. The lowest BCUT2D eigenvalue weighted by Crippen LogP contribution is -2.44. The Balaban J connectivity index is 1.74. The van der Waals surface area contributed by atoms with E-state index in [9.17, 15) is 14.4 Å². The topological polar surface area (TPSA) is 124 Å². The molecule has 5 N–H and O–H groups in total. The van der Waals surface area contributed by atoms with Gasteiger partial charge in [-0.25, -0.2) is 14.2 Å². The van der Waals surface area contributed by atoms with Crippen molar-refractivity contribution in [2.45, 2.75) is 18.9 Å². The minimum atomic E-state index is -0.436. The van der Waals surface area contributed by atoms with Gasteiger partial charge in [-0.05, 0) is 60.1 Å². The fraction of sp³-hybridized carbons (Fsp3) is 0.312. The Labute approximate surface area is 162 Å². The summed E-state index contributed by atoms with van der Waals surface area (Å²) in [5.74, 6) is -0.371. The Hall–Kier alpha value is -2.50. The van der Waals surface area contributed by atoms with Crippen LogP contribution in [0.5, 0.6) is 0 Å². The Kier molecular flexibility index (Phi) is 6.37. The Morgan fingerprint density at radius 3 is 2.89 bits per heavy atom. The van der Waals surface area contributed by atoms with E-state index in [1.165, 1.54) is 24.5 Å². The van der Waals surface area contributed by atoms with Crippen LogP contribution in [-0.4, -0.2) is 41.4 Å². The van der Waals surface area contributed by atoms with E-state index in [1.54, 1.807) is 0 Å². The van der Waals surface area contributed by atoms with Crippen LogP contribution >= 0.6 is 15.9 Å². The number of carbonyl (C=O) groups excluding carboxylic acids is 1. The highest BCUT2D eigenvalue weighted by Gasteiger charge is 2.19. The van der Waals surface area contributed by atoms with E-state index in [-0.39, 0.29) is 27.7 Å². The molecule has 0 aliphatic carbocycles. The van der Waals surface area contributed by atoms with Gasteiger partial charge < -0.3 is 15.2 Å². The summed E-state index contributed by atoms with van der Waals surface area (Å²) in [6.07, 6.45) is 2.90. The van der Waals surface area contributed by atoms with Crippen molar-refractivity contribution in [2.75, 3.05) is 18.4 Å². The highest BCUT2D eigenvalue weighted by molar-refractivity contribution is 9.10. The van der Waals surface area contributed by atoms with Crippen LogP contribution in [0.25, 0.3) is 0 Å². The number of amides is 2. The maximum Gasteiger partial charge on any atom is 0.320 e. The number of benzene rings is 1. The van der Waals surface area contributed by atoms with Crippen molar-refractivity contribution in [1.82, 2.24) is 21.3 Å². The predicted octanol–water partition coefficient (Wildman–Crippen LogP) is 2.51. The molecule has 0 spiro atoms. The van der Waals surface area contributed by atoms with Crippen molar-refractivity contribution >= 4 is 39.3 Å². The Morgan fingerprint density at radius 1 is 1.41 bits per heavy atom. The summed E-state index contributed by atoms with van der Waals surface area (Å²) in [6, 6.07) is 3.75. The number of amidine groups is 1. The second-order valence-corrected chi connectivity index (χ2v) is 6.72. The van der Waals surface area contributed by atoms with Gasteiger partial charge in [0.2, 0.25) is 0 Å². The van der Waals surface area contributed by atoms with E-state index in [1.807, 2.05) is 5.48 Å². The summed E-state index contributed by atoms with van der Waals surface area (Å²) in [6.45, 7) is 1.69. The summed E-state index contributed by atoms with van der Waals surface area (Å²) in [5.41, 5.74) is 2.54. The van der Waals surface area contributed by atoms with Gasteiger partial charge in [0.25, 0.3) is 0 Å². The van der Waals surface area contributed by atoms with Crippen molar-refractivity contribution in [3.05, 3.63) is 40.3 Å². The zero-order chi connectivity index (χ0) is 19.2. The van der Waals surface area contributed by atoms with E-state index in [2.05, 4.69) is 42.0 Å². The minimum Gasteiger partial charge on any atom is -0.362 e. The molecule has 1 aromatic carbocycles. The lowest BCUT2D eigenvalue weighted by molar-refractivity contribution is 0.235. The van der Waals surface area contributed by atoms with Crippen LogP contribution in [0.3, 0.4) is 0 Å². The number of hydrogen-bond acceptors (Lipinski definition) is 6. The molecule has 3 rings (SSSR count). The second-order valence-electron chi connectivity index (χ2n) is 5.87. The van der Waals surface area contributed by atoms with Crippen LogP contribution < -0.4 is 21.4 Å². The fourth-order valence-corrected chi connectivity index (χ4v) is 2.99. The first-order valence-corrected chi connectivity index (χ1v) is 9.03. The third-order valence-corrected chi connectivity index (χ3v) is 4.59. The second kappa shape index (κ2) is 8.93. The number of carbonyl (C=O) groups is 1. The van der Waals surface area contributed by atoms with Crippen LogP contribution in [0.4, 0.5) is 20.7 Å². The molecule has 144 valence electrons. The van der Waals surface area contributed by atoms with Crippen LogP contribution in [0.2, 0.25) is 0 Å². The molecule has 27 heavy (non-hydrogen) atoms. The van der Waals surface area contributed by atoms with Gasteiger partial charge in [-0.3, -0.25) is 16.0 Å². The molecule has 11 heteroatoms. The number of halogens is 2. The quantitative estimate of drug-likeness (QED) is 0.282. The van der Waals surface area contributed by atoms with Crippen molar-refractivity contribution in [1.29, 1.82) is 0 Å². The van der Waals surface area contributed by atoms with Crippen LogP contribution in [-0.2, 0) is 0 Å². The van der Waals surface area contributed by atoms with E-state index in [0.29, 0.717) is 5.69 Å². The number of nitrogens with one attached hydrogen (secondary N) is 4. The molecule has 1 aliphatic heterocycles. The van der Waals surface area contributed by atoms with E-state index < -0.39 is 11.8 Å². The van der Waals surface area contributed by atoms with Gasteiger partial charge in [-0.1, -0.05) is 5.16 Å². The summed E-state index contributed by atoms with van der Waals surface area (Å²) in [5, 5.41) is 21.8. The number of aliphatic imine (C=N–C) groups is 1.